The van der Waals surface area contributed by atoms with Crippen molar-refractivity contribution in [3.05, 3.63) is 74.0 Å². The molecule has 0 aliphatic rings. The second kappa shape index (κ2) is 9.19. The number of aromatic nitrogens is 5. The van der Waals surface area contributed by atoms with E-state index in [4.69, 9.17) is 0 Å². The average molecular weight is 465 g/mol. The highest BCUT2D eigenvalue weighted by atomic mass is 32.1. The van der Waals surface area contributed by atoms with Crippen LogP contribution in [0, 0.1) is 12.8 Å². The highest BCUT2D eigenvalue weighted by Gasteiger charge is 2.33. The van der Waals surface area contributed by atoms with Crippen LogP contribution in [0.2, 0.25) is 0 Å². The Labute approximate surface area is 198 Å². The van der Waals surface area contributed by atoms with Crippen molar-refractivity contribution < 1.29 is 0 Å². The Bertz CT molecular complexity index is 1280. The van der Waals surface area contributed by atoms with E-state index in [1.165, 1.54) is 4.88 Å². The lowest BCUT2D eigenvalue weighted by Crippen LogP contribution is -2.37. The van der Waals surface area contributed by atoms with E-state index in [1.54, 1.807) is 11.3 Å². The van der Waals surface area contributed by atoms with Crippen LogP contribution >= 0.6 is 11.3 Å². The smallest absolute Gasteiger partial charge is 0.252 e. The Balaban J connectivity index is 1.80. The third kappa shape index (κ3) is 4.91. The Hall–Kier alpha value is -2.84. The van der Waals surface area contributed by atoms with Gasteiger partial charge in [0.1, 0.15) is 0 Å². The van der Waals surface area contributed by atoms with E-state index >= 15 is 0 Å². The van der Waals surface area contributed by atoms with Crippen molar-refractivity contribution in [1.82, 2.24) is 30.1 Å². The second-order valence-corrected chi connectivity index (χ2v) is 11.0. The van der Waals surface area contributed by atoms with Crippen LogP contribution in [0.5, 0.6) is 0 Å². The van der Waals surface area contributed by atoms with Crippen molar-refractivity contribution in [3.8, 4) is 0 Å². The van der Waals surface area contributed by atoms with Crippen LogP contribution in [0.1, 0.15) is 62.5 Å². The lowest BCUT2D eigenvalue weighted by molar-refractivity contribution is 0.121. The first kappa shape index (κ1) is 23.3. The summed E-state index contributed by atoms with van der Waals surface area (Å²) in [5.74, 6) is 1.06. The molecule has 1 unspecified atom stereocenters. The molecule has 0 saturated carbocycles. The zero-order valence-corrected chi connectivity index (χ0v) is 21.0. The second-order valence-electron chi connectivity index (χ2n) is 9.96. The van der Waals surface area contributed by atoms with Gasteiger partial charge in [0.15, 0.2) is 5.82 Å². The Morgan fingerprint density at radius 3 is 2.61 bits per heavy atom. The van der Waals surface area contributed by atoms with Crippen LogP contribution in [0.3, 0.4) is 0 Å². The molecule has 33 heavy (non-hydrogen) atoms. The third-order valence-corrected chi connectivity index (χ3v) is 6.76. The summed E-state index contributed by atoms with van der Waals surface area (Å²) < 4.78 is 1.91. The molecule has 0 aliphatic carbocycles. The molecule has 0 radical (unpaired) electrons. The summed E-state index contributed by atoms with van der Waals surface area (Å²) in [6.45, 7) is 13.9. The molecule has 3 aromatic heterocycles. The lowest BCUT2D eigenvalue weighted by atomic mass is 9.99. The van der Waals surface area contributed by atoms with Gasteiger partial charge >= 0.3 is 0 Å². The summed E-state index contributed by atoms with van der Waals surface area (Å²) in [6, 6.07) is 12.2. The molecule has 1 atom stereocenters. The number of para-hydroxylation sites is 1. The normalized spacial score (nSPS) is 13.3. The fourth-order valence-corrected chi connectivity index (χ4v) is 5.09. The van der Waals surface area contributed by atoms with Crippen LogP contribution in [-0.2, 0) is 18.6 Å². The molecule has 7 nitrogen and oxygen atoms in total. The van der Waals surface area contributed by atoms with E-state index < -0.39 is 0 Å². The number of thiophene rings is 1. The van der Waals surface area contributed by atoms with Gasteiger partial charge in [0.05, 0.1) is 17.1 Å². The molecule has 1 aromatic carbocycles. The fourth-order valence-electron chi connectivity index (χ4n) is 4.36. The predicted octanol–water partition coefficient (Wildman–Crippen LogP) is 5.04. The molecule has 0 aliphatic heterocycles. The largest absolute Gasteiger partial charge is 0.321 e. The predicted molar refractivity (Wildman–Crippen MR) is 133 cm³/mol. The molecule has 0 spiro atoms. The van der Waals surface area contributed by atoms with Crippen LogP contribution in [-0.4, -0.2) is 30.1 Å². The highest BCUT2D eigenvalue weighted by Crippen LogP contribution is 2.32. The number of nitrogens with one attached hydrogen (secondary N) is 1. The minimum absolute atomic E-state index is 0.0501. The summed E-state index contributed by atoms with van der Waals surface area (Å²) in [5, 5.41) is 15.9. The number of hydrogen-bond acceptors (Lipinski definition) is 6. The van der Waals surface area contributed by atoms with E-state index in [-0.39, 0.29) is 23.1 Å². The van der Waals surface area contributed by atoms with E-state index in [0.717, 1.165) is 27.9 Å². The molecule has 4 rings (SSSR count). The zero-order valence-electron chi connectivity index (χ0n) is 20.2. The Morgan fingerprint density at radius 2 is 1.94 bits per heavy atom. The van der Waals surface area contributed by atoms with Gasteiger partial charge in [-0.3, -0.25) is 9.69 Å². The summed E-state index contributed by atoms with van der Waals surface area (Å²) in [5.41, 5.74) is 2.40. The number of fused-ring (bicyclic) bond motifs is 1. The first-order valence-corrected chi connectivity index (χ1v) is 12.2. The third-order valence-electron chi connectivity index (χ3n) is 5.90. The van der Waals surface area contributed by atoms with Gasteiger partial charge in [0, 0.05) is 23.5 Å². The highest BCUT2D eigenvalue weighted by molar-refractivity contribution is 7.09. The van der Waals surface area contributed by atoms with E-state index in [0.29, 0.717) is 13.1 Å². The van der Waals surface area contributed by atoms with Crippen molar-refractivity contribution in [3.63, 3.8) is 0 Å². The summed E-state index contributed by atoms with van der Waals surface area (Å²) in [7, 11) is 0. The number of aromatic amines is 1. The van der Waals surface area contributed by atoms with Crippen molar-refractivity contribution >= 4 is 22.2 Å². The average Bonchev–Trinajstić information content (AvgIpc) is 3.41. The van der Waals surface area contributed by atoms with Gasteiger partial charge in [0.2, 0.25) is 0 Å². The molecule has 0 bridgehead atoms. The first-order valence-electron chi connectivity index (χ1n) is 11.3. The monoisotopic (exact) mass is 464 g/mol. The molecule has 8 heteroatoms. The molecule has 0 amide bonds. The molecule has 1 N–H and O–H groups in total. The number of hydrogen-bond donors (Lipinski definition) is 1. The number of tetrazole rings is 1. The van der Waals surface area contributed by atoms with Crippen molar-refractivity contribution in [2.45, 2.75) is 66.2 Å². The Morgan fingerprint density at radius 1 is 1.15 bits per heavy atom. The van der Waals surface area contributed by atoms with Crippen LogP contribution in [0.15, 0.2) is 46.6 Å². The molecular weight excluding hydrogens is 432 g/mol. The van der Waals surface area contributed by atoms with Gasteiger partial charge in [0.25, 0.3) is 5.56 Å². The zero-order chi connectivity index (χ0) is 23.8. The summed E-state index contributed by atoms with van der Waals surface area (Å²) in [6.07, 6.45) is 0. The number of rotatable bonds is 7. The maximum Gasteiger partial charge on any atom is 0.252 e. The molecular formula is C25H32N6OS. The van der Waals surface area contributed by atoms with E-state index in [2.05, 4.69) is 77.5 Å². The number of aryl methyl sites for hydroxylation is 1. The van der Waals surface area contributed by atoms with Crippen molar-refractivity contribution in [2.75, 3.05) is 0 Å². The summed E-state index contributed by atoms with van der Waals surface area (Å²) >= 11 is 1.72. The number of benzene rings is 1. The maximum atomic E-state index is 13.1. The molecule has 4 aromatic rings. The Kier molecular flexibility index (Phi) is 6.50. The summed E-state index contributed by atoms with van der Waals surface area (Å²) in [4.78, 5) is 19.8. The van der Waals surface area contributed by atoms with Gasteiger partial charge in [-0.05, 0) is 72.5 Å². The molecule has 3 heterocycles. The molecule has 0 saturated heterocycles. The first-order chi connectivity index (χ1) is 15.6. The fraction of sp³-hybridized carbons (Fsp3) is 0.440. The topological polar surface area (TPSA) is 79.7 Å². The van der Waals surface area contributed by atoms with Crippen LogP contribution < -0.4 is 5.56 Å². The number of nitrogens with zero attached hydrogens (tertiary/aromatic N) is 5. The van der Waals surface area contributed by atoms with Crippen LogP contribution in [0.4, 0.5) is 0 Å². The minimum atomic E-state index is -0.251. The van der Waals surface area contributed by atoms with E-state index in [9.17, 15) is 4.79 Å². The number of pyridine rings is 1. The number of H-pyrrole nitrogens is 1. The van der Waals surface area contributed by atoms with Crippen LogP contribution in [0.25, 0.3) is 10.9 Å². The molecule has 0 fully saturated rings. The van der Waals surface area contributed by atoms with Crippen molar-refractivity contribution in [1.29, 1.82) is 0 Å². The maximum absolute atomic E-state index is 13.1. The van der Waals surface area contributed by atoms with Gasteiger partial charge in [-0.2, -0.15) is 0 Å². The van der Waals surface area contributed by atoms with Gasteiger partial charge in [-0.1, -0.05) is 38.1 Å². The lowest BCUT2D eigenvalue weighted by Gasteiger charge is -2.35. The van der Waals surface area contributed by atoms with Crippen molar-refractivity contribution in [2.24, 2.45) is 5.92 Å². The SMILES string of the molecule is Cc1cccc2cc(CN(Cc3cccs3)C(c3nnnn3C(C)(C)C)C(C)C)c(=O)[nH]c12. The van der Waals surface area contributed by atoms with Gasteiger partial charge in [-0.15, -0.1) is 16.4 Å². The van der Waals surface area contributed by atoms with Gasteiger partial charge in [-0.25, -0.2) is 4.68 Å². The van der Waals surface area contributed by atoms with E-state index in [1.807, 2.05) is 35.9 Å². The van der Waals surface area contributed by atoms with Gasteiger partial charge < -0.3 is 4.98 Å². The quantitative estimate of drug-likeness (QED) is 0.414. The minimum Gasteiger partial charge on any atom is -0.321 e. The standard InChI is InChI=1S/C25H32N6OS/c1-16(2)22(23-27-28-29-31(23)25(4,5)6)30(15-20-11-8-12-33-20)14-19-13-18-10-7-9-17(3)21(18)26-24(19)32/h7-13,16,22H,14-15H2,1-6H3,(H,26,32). The molecule has 174 valence electrons.